The molecular weight excluding hydrogens is 1030 g/mol. The van der Waals surface area contributed by atoms with E-state index in [9.17, 15) is 44.0 Å². The number of carbonyl (C=O) groups is 2. The number of aromatic nitrogens is 4. The molecule has 2 saturated heterocycles. The molecule has 9 N–H and O–H groups in total. The van der Waals surface area contributed by atoms with E-state index in [1.807, 2.05) is 0 Å². The first-order valence-electron chi connectivity index (χ1n) is 23.2. The topological polar surface area (TPSA) is 308 Å². The molecule has 21 nitrogen and oxygen atoms in total. The minimum Gasteiger partial charge on any atom is -0.496 e. The summed E-state index contributed by atoms with van der Waals surface area (Å²) >= 11 is 5.59. The average Bonchev–Trinajstić information content (AvgIpc) is 3.36. The van der Waals surface area contributed by atoms with Gasteiger partial charge in [0.1, 0.15) is 34.3 Å². The minimum atomic E-state index is -3.45. The van der Waals surface area contributed by atoms with E-state index in [1.165, 1.54) is 22.8 Å². The van der Waals surface area contributed by atoms with E-state index in [-0.39, 0.29) is 94.9 Å². The van der Waals surface area contributed by atoms with Gasteiger partial charge in [0.25, 0.3) is 0 Å². The van der Waals surface area contributed by atoms with Gasteiger partial charge in [0.15, 0.2) is 23.3 Å². The van der Waals surface area contributed by atoms with Gasteiger partial charge in [-0.3, -0.25) is 9.59 Å². The first-order chi connectivity index (χ1) is 34.8. The van der Waals surface area contributed by atoms with Crippen LogP contribution in [-0.2, 0) is 20.0 Å². The second-order valence-electron chi connectivity index (χ2n) is 16.9. The third-order valence-corrected chi connectivity index (χ3v) is 16.2. The standard InChI is InChI=1S/C25H36F2N6O6S.C20H24ClF2N5O4S/c1-39-20-4-3-19(26)22(27)21(20)23(36)18-15-30-25(32-24(18)28)31-17-5-10-33(11-6-17)40(37,38)14-2-9-29-16(7-12-34)8-13-35;1-32-15-4-3-14(22)17(23)16(15)18(29)13-11-25-20(27-19(13)24)26-12-5-8-28(9-6-12)33(30,31)10-2-7-21/h3-4,15-17,29,34-35H,2,5-14H2,1H3,(H3,28,30,31,32);3-4,11-12H,2,5-10H2,1H3,(H3,24,25,26,27). The van der Waals surface area contributed by atoms with Gasteiger partial charge in [0.2, 0.25) is 43.5 Å². The number of alkyl halides is 1. The largest absolute Gasteiger partial charge is 0.496 e. The van der Waals surface area contributed by atoms with Gasteiger partial charge >= 0.3 is 0 Å². The molecule has 0 amide bonds. The van der Waals surface area contributed by atoms with E-state index in [4.69, 9.17) is 42.8 Å². The molecule has 0 bridgehead atoms. The van der Waals surface area contributed by atoms with Crippen LogP contribution < -0.4 is 36.9 Å². The number of ketones is 2. The molecule has 2 aliphatic rings. The number of carbonyl (C=O) groups excluding carboxylic acids is 2. The second kappa shape index (κ2) is 27.1. The molecule has 2 aromatic heterocycles. The molecule has 0 aliphatic carbocycles. The summed E-state index contributed by atoms with van der Waals surface area (Å²) in [5.41, 5.74) is 10.2. The van der Waals surface area contributed by atoms with Gasteiger partial charge in [0.05, 0.1) is 36.9 Å². The zero-order chi connectivity index (χ0) is 53.5. The summed E-state index contributed by atoms with van der Waals surface area (Å²) < 4.78 is 119. The maximum atomic E-state index is 14.4. The fourth-order valence-corrected chi connectivity index (χ4v) is 11.4. The van der Waals surface area contributed by atoms with Crippen LogP contribution in [0.1, 0.15) is 83.2 Å². The highest BCUT2D eigenvalue weighted by Crippen LogP contribution is 2.30. The van der Waals surface area contributed by atoms with Crippen molar-refractivity contribution in [1.82, 2.24) is 33.9 Å². The van der Waals surface area contributed by atoms with E-state index >= 15 is 0 Å². The van der Waals surface area contributed by atoms with Crippen LogP contribution >= 0.6 is 11.6 Å². The summed E-state index contributed by atoms with van der Waals surface area (Å²) in [6, 6.07) is 3.66. The average molecular weight is 1090 g/mol. The third-order valence-electron chi connectivity index (χ3n) is 12.0. The van der Waals surface area contributed by atoms with Crippen molar-refractivity contribution in [3.05, 3.63) is 82.2 Å². The monoisotopic (exact) mass is 1090 g/mol. The number of nitrogens with one attached hydrogen (secondary N) is 3. The number of nitrogens with two attached hydrogens (primary N) is 2. The molecule has 0 spiro atoms. The number of aliphatic hydroxyl groups excluding tert-OH is 2. The molecule has 2 aliphatic heterocycles. The van der Waals surface area contributed by atoms with Gasteiger partial charge in [-0.25, -0.2) is 53.0 Å². The van der Waals surface area contributed by atoms with E-state index in [0.29, 0.717) is 84.1 Å². The van der Waals surface area contributed by atoms with Crippen LogP contribution in [0.2, 0.25) is 0 Å². The lowest BCUT2D eigenvalue weighted by Crippen LogP contribution is -2.43. The van der Waals surface area contributed by atoms with Crippen LogP contribution in [0.4, 0.5) is 41.1 Å². The molecule has 4 heterocycles. The molecule has 2 aromatic carbocycles. The number of hydrogen-bond donors (Lipinski definition) is 7. The molecule has 0 atom stereocenters. The van der Waals surface area contributed by atoms with Crippen molar-refractivity contribution >= 4 is 66.7 Å². The minimum absolute atomic E-state index is 0.0109. The molecule has 402 valence electrons. The number of nitrogens with zero attached hydrogens (tertiary/aromatic N) is 6. The molecule has 6 rings (SSSR count). The highest BCUT2D eigenvalue weighted by molar-refractivity contribution is 7.89. The molecule has 0 radical (unpaired) electrons. The Labute approximate surface area is 425 Å². The predicted molar refractivity (Wildman–Crippen MR) is 265 cm³/mol. The Kier molecular flexibility index (Phi) is 21.7. The van der Waals surface area contributed by atoms with Crippen molar-refractivity contribution in [2.45, 2.75) is 69.5 Å². The molecule has 73 heavy (non-hydrogen) atoms. The Hall–Kier alpha value is -5.55. The van der Waals surface area contributed by atoms with Crippen LogP contribution in [0.5, 0.6) is 11.5 Å². The van der Waals surface area contributed by atoms with E-state index < -0.39 is 66.0 Å². The highest BCUT2D eigenvalue weighted by Gasteiger charge is 2.31. The van der Waals surface area contributed by atoms with Gasteiger partial charge in [-0.05, 0) is 82.2 Å². The van der Waals surface area contributed by atoms with Crippen LogP contribution in [0, 0.1) is 23.3 Å². The highest BCUT2D eigenvalue weighted by atomic mass is 35.5. The number of halogens is 5. The first kappa shape index (κ1) is 58.3. The zero-order valence-corrected chi connectivity index (χ0v) is 42.5. The van der Waals surface area contributed by atoms with E-state index in [2.05, 4.69) is 35.9 Å². The zero-order valence-electron chi connectivity index (χ0n) is 40.1. The Morgan fingerprint density at radius 2 is 1.11 bits per heavy atom. The maximum Gasteiger partial charge on any atom is 0.224 e. The van der Waals surface area contributed by atoms with Gasteiger partial charge in [-0.15, -0.1) is 11.6 Å². The summed E-state index contributed by atoms with van der Waals surface area (Å²) in [4.78, 5) is 42.0. The van der Waals surface area contributed by atoms with Crippen LogP contribution in [0.25, 0.3) is 0 Å². The van der Waals surface area contributed by atoms with Crippen molar-refractivity contribution < 1.29 is 63.7 Å². The Bertz CT molecular complexity index is 2750. The van der Waals surface area contributed by atoms with Gasteiger partial charge in [-0.2, -0.15) is 9.97 Å². The SMILES string of the molecule is COc1ccc(F)c(F)c1C(=O)c1cnc(NC2CCN(S(=O)(=O)CCCCl)CC2)nc1N.COc1ccc(F)c(F)c1C(=O)c1cnc(NC2CCN(S(=O)(=O)CCCNC(CCO)CCO)CC2)nc1N. The number of nitrogen functional groups attached to an aromatic ring is 2. The summed E-state index contributed by atoms with van der Waals surface area (Å²) in [5.74, 6) is -7.19. The lowest BCUT2D eigenvalue weighted by atomic mass is 10.0. The normalized spacial score (nSPS) is 15.2. The summed E-state index contributed by atoms with van der Waals surface area (Å²) in [5, 5.41) is 27.5. The summed E-state index contributed by atoms with van der Waals surface area (Å²) in [7, 11) is -4.34. The lowest BCUT2D eigenvalue weighted by molar-refractivity contribution is 0.102. The van der Waals surface area contributed by atoms with E-state index in [1.54, 1.807) is 0 Å². The van der Waals surface area contributed by atoms with Crippen molar-refractivity contribution in [2.75, 3.05) is 99.6 Å². The Morgan fingerprint density at radius 1 is 0.712 bits per heavy atom. The number of anilines is 4. The van der Waals surface area contributed by atoms with Crippen LogP contribution in [0.15, 0.2) is 36.7 Å². The number of ether oxygens (including phenoxy) is 2. The van der Waals surface area contributed by atoms with Crippen molar-refractivity contribution in [1.29, 1.82) is 0 Å². The van der Waals surface area contributed by atoms with Crippen molar-refractivity contribution in [2.24, 2.45) is 0 Å². The number of hydrogen-bond acceptors (Lipinski definition) is 19. The fourth-order valence-electron chi connectivity index (χ4n) is 8.02. The molecule has 4 aromatic rings. The number of aliphatic hydroxyl groups is 2. The van der Waals surface area contributed by atoms with Gasteiger partial charge < -0.3 is 47.1 Å². The predicted octanol–water partition coefficient (Wildman–Crippen LogP) is 3.31. The third kappa shape index (κ3) is 15.5. The number of benzene rings is 2. The Morgan fingerprint density at radius 3 is 1.47 bits per heavy atom. The number of rotatable bonds is 24. The van der Waals surface area contributed by atoms with Crippen molar-refractivity contribution in [3.63, 3.8) is 0 Å². The number of methoxy groups -OCH3 is 2. The second-order valence-corrected chi connectivity index (χ2v) is 21.4. The molecule has 0 saturated carbocycles. The smallest absolute Gasteiger partial charge is 0.224 e. The molecule has 2 fully saturated rings. The van der Waals surface area contributed by atoms with Crippen molar-refractivity contribution in [3.8, 4) is 11.5 Å². The quantitative estimate of drug-likeness (QED) is 0.0229. The van der Waals surface area contributed by atoms with Crippen LogP contribution in [-0.4, -0.2) is 163 Å². The molecular formula is C45H60ClF4N11O10S2. The number of sulfonamides is 2. The summed E-state index contributed by atoms with van der Waals surface area (Å²) in [6.45, 7) is 1.72. The van der Waals surface area contributed by atoms with Gasteiger partial charge in [0, 0.05) is 75.8 Å². The van der Waals surface area contributed by atoms with E-state index in [0.717, 1.165) is 36.7 Å². The molecule has 28 heteroatoms. The number of piperidine rings is 2. The Balaban J connectivity index is 0.000000276. The fraction of sp³-hybridized carbons (Fsp3) is 0.511. The molecule has 0 unspecified atom stereocenters. The van der Waals surface area contributed by atoms with Gasteiger partial charge in [-0.1, -0.05) is 0 Å². The maximum absolute atomic E-state index is 14.4. The lowest BCUT2D eigenvalue weighted by Gasteiger charge is -2.31. The van der Waals surface area contributed by atoms with Crippen LogP contribution in [0.3, 0.4) is 0 Å². The summed E-state index contributed by atoms with van der Waals surface area (Å²) in [6.07, 6.45) is 6.04. The first-order valence-corrected chi connectivity index (χ1v) is 26.9.